The first-order valence-electron chi connectivity index (χ1n) is 5.52. The summed E-state index contributed by atoms with van der Waals surface area (Å²) in [5.41, 5.74) is 4.40. The number of anilines is 1. The van der Waals surface area contributed by atoms with Crippen LogP contribution in [0.4, 0.5) is 18.9 Å². The molecule has 0 aliphatic carbocycles. The fourth-order valence-electron chi connectivity index (χ4n) is 1.41. The molecular weight excluding hydrogens is 245 g/mol. The summed E-state index contributed by atoms with van der Waals surface area (Å²) >= 11 is 0. The maximum atomic E-state index is 12.6. The first-order chi connectivity index (χ1) is 8.30. The summed E-state index contributed by atoms with van der Waals surface area (Å²) in [6.45, 7) is 1.73. The van der Waals surface area contributed by atoms with E-state index >= 15 is 0 Å². The topological polar surface area (TPSA) is 55.1 Å². The molecular formula is C12H15F3N2O. The van der Waals surface area contributed by atoms with Gasteiger partial charge in [-0.05, 0) is 25.5 Å². The third-order valence-corrected chi connectivity index (χ3v) is 2.33. The number of hydrogen-bond donors (Lipinski definition) is 2. The summed E-state index contributed by atoms with van der Waals surface area (Å²) < 4.78 is 37.9. The van der Waals surface area contributed by atoms with Crippen molar-refractivity contribution < 1.29 is 18.0 Å². The lowest BCUT2D eigenvalue weighted by atomic mass is 10.1. The molecule has 1 aromatic rings. The zero-order valence-electron chi connectivity index (χ0n) is 9.92. The summed E-state index contributed by atoms with van der Waals surface area (Å²) in [4.78, 5) is 11.5. The van der Waals surface area contributed by atoms with Crippen molar-refractivity contribution in [2.45, 2.75) is 32.0 Å². The SMILES string of the molecule is CC(N)CCC(=O)Nc1ccccc1C(F)(F)F. The highest BCUT2D eigenvalue weighted by atomic mass is 19.4. The van der Waals surface area contributed by atoms with Crippen LogP contribution in [-0.2, 0) is 11.0 Å². The number of carbonyl (C=O) groups is 1. The van der Waals surface area contributed by atoms with E-state index in [0.717, 1.165) is 6.07 Å². The van der Waals surface area contributed by atoms with Crippen molar-refractivity contribution in [3.63, 3.8) is 0 Å². The largest absolute Gasteiger partial charge is 0.418 e. The van der Waals surface area contributed by atoms with Gasteiger partial charge in [-0.2, -0.15) is 13.2 Å². The van der Waals surface area contributed by atoms with E-state index in [2.05, 4.69) is 5.32 Å². The Bertz CT molecular complexity index is 416. The highest BCUT2D eigenvalue weighted by Crippen LogP contribution is 2.34. The predicted molar refractivity (Wildman–Crippen MR) is 63.0 cm³/mol. The number of rotatable bonds is 4. The zero-order chi connectivity index (χ0) is 13.8. The van der Waals surface area contributed by atoms with Gasteiger partial charge in [0.15, 0.2) is 0 Å². The number of hydrogen-bond acceptors (Lipinski definition) is 2. The molecule has 0 spiro atoms. The number of nitrogens with one attached hydrogen (secondary N) is 1. The smallest absolute Gasteiger partial charge is 0.328 e. The average molecular weight is 260 g/mol. The van der Waals surface area contributed by atoms with Gasteiger partial charge in [0.1, 0.15) is 0 Å². The number of halogens is 3. The van der Waals surface area contributed by atoms with Gasteiger partial charge in [-0.3, -0.25) is 4.79 Å². The third kappa shape index (κ3) is 4.37. The van der Waals surface area contributed by atoms with Crippen LogP contribution < -0.4 is 11.1 Å². The van der Waals surface area contributed by atoms with E-state index in [1.165, 1.54) is 18.2 Å². The lowest BCUT2D eigenvalue weighted by Gasteiger charge is -2.13. The average Bonchev–Trinajstić information content (AvgIpc) is 2.25. The van der Waals surface area contributed by atoms with Gasteiger partial charge in [-0.1, -0.05) is 12.1 Å². The van der Waals surface area contributed by atoms with Crippen molar-refractivity contribution in [3.8, 4) is 0 Å². The molecule has 0 aliphatic rings. The third-order valence-electron chi connectivity index (χ3n) is 2.33. The van der Waals surface area contributed by atoms with Crippen LogP contribution in [0, 0.1) is 0 Å². The van der Waals surface area contributed by atoms with Crippen molar-refractivity contribution in [1.82, 2.24) is 0 Å². The zero-order valence-corrected chi connectivity index (χ0v) is 9.92. The normalized spacial score (nSPS) is 13.2. The predicted octanol–water partition coefficient (Wildman–Crippen LogP) is 2.77. The van der Waals surface area contributed by atoms with Crippen molar-refractivity contribution >= 4 is 11.6 Å². The van der Waals surface area contributed by atoms with Crippen LogP contribution in [0.2, 0.25) is 0 Å². The molecule has 0 saturated heterocycles. The summed E-state index contributed by atoms with van der Waals surface area (Å²) in [5, 5.41) is 2.26. The van der Waals surface area contributed by atoms with Gasteiger partial charge >= 0.3 is 6.18 Å². The Kier molecular flexibility index (Phi) is 4.72. The Labute approximate surface area is 103 Å². The number of nitrogens with two attached hydrogens (primary N) is 1. The second-order valence-electron chi connectivity index (χ2n) is 4.11. The number of carbonyl (C=O) groups excluding carboxylic acids is 1. The van der Waals surface area contributed by atoms with E-state index in [4.69, 9.17) is 5.73 Å². The van der Waals surface area contributed by atoms with Gasteiger partial charge in [0.05, 0.1) is 11.3 Å². The minimum atomic E-state index is -4.48. The highest BCUT2D eigenvalue weighted by molar-refractivity contribution is 5.91. The van der Waals surface area contributed by atoms with Gasteiger partial charge in [-0.15, -0.1) is 0 Å². The van der Waals surface area contributed by atoms with Crippen LogP contribution in [0.5, 0.6) is 0 Å². The van der Waals surface area contributed by atoms with Gasteiger partial charge in [0.25, 0.3) is 0 Å². The van der Waals surface area contributed by atoms with Crippen molar-refractivity contribution in [1.29, 1.82) is 0 Å². The fraction of sp³-hybridized carbons (Fsp3) is 0.417. The molecule has 0 fully saturated rings. The molecule has 1 atom stereocenters. The number of benzene rings is 1. The Hall–Kier alpha value is -1.56. The second kappa shape index (κ2) is 5.86. The first kappa shape index (κ1) is 14.5. The van der Waals surface area contributed by atoms with E-state index in [0.29, 0.717) is 6.42 Å². The highest BCUT2D eigenvalue weighted by Gasteiger charge is 2.33. The second-order valence-corrected chi connectivity index (χ2v) is 4.11. The van der Waals surface area contributed by atoms with Crippen molar-refractivity contribution in [2.24, 2.45) is 5.73 Å². The van der Waals surface area contributed by atoms with Crippen LogP contribution >= 0.6 is 0 Å². The molecule has 0 bridgehead atoms. The molecule has 1 aromatic carbocycles. The number of amides is 1. The summed E-state index contributed by atoms with van der Waals surface area (Å²) in [7, 11) is 0. The lowest BCUT2D eigenvalue weighted by molar-refractivity contribution is -0.137. The Morgan fingerprint density at radius 1 is 1.39 bits per heavy atom. The number of alkyl halides is 3. The van der Waals surface area contributed by atoms with Crippen LogP contribution in [0.25, 0.3) is 0 Å². The van der Waals surface area contributed by atoms with E-state index in [1.807, 2.05) is 0 Å². The molecule has 6 heteroatoms. The fourth-order valence-corrected chi connectivity index (χ4v) is 1.41. The molecule has 0 heterocycles. The quantitative estimate of drug-likeness (QED) is 0.874. The Morgan fingerprint density at radius 3 is 2.56 bits per heavy atom. The molecule has 0 aromatic heterocycles. The molecule has 1 unspecified atom stereocenters. The maximum absolute atomic E-state index is 12.6. The van der Waals surface area contributed by atoms with Crippen LogP contribution in [0.3, 0.4) is 0 Å². The standard InChI is InChI=1S/C12H15F3N2O/c1-8(16)6-7-11(18)17-10-5-3-2-4-9(10)12(13,14)15/h2-5,8H,6-7,16H2,1H3,(H,17,18). The molecule has 100 valence electrons. The number of para-hydroxylation sites is 1. The summed E-state index contributed by atoms with van der Waals surface area (Å²) in [5.74, 6) is -0.469. The van der Waals surface area contributed by atoms with E-state index < -0.39 is 17.6 Å². The lowest BCUT2D eigenvalue weighted by Crippen LogP contribution is -2.20. The van der Waals surface area contributed by atoms with Crippen LogP contribution in [-0.4, -0.2) is 11.9 Å². The van der Waals surface area contributed by atoms with E-state index in [9.17, 15) is 18.0 Å². The molecule has 0 radical (unpaired) electrons. The molecule has 3 N–H and O–H groups in total. The van der Waals surface area contributed by atoms with E-state index in [1.54, 1.807) is 6.92 Å². The van der Waals surface area contributed by atoms with Gasteiger partial charge in [0, 0.05) is 12.5 Å². The summed E-state index contributed by atoms with van der Waals surface area (Å²) in [6.07, 6.45) is -3.95. The van der Waals surface area contributed by atoms with Crippen molar-refractivity contribution in [2.75, 3.05) is 5.32 Å². The molecule has 18 heavy (non-hydrogen) atoms. The van der Waals surface area contributed by atoms with Gasteiger partial charge < -0.3 is 11.1 Å². The van der Waals surface area contributed by atoms with Crippen LogP contribution in [0.15, 0.2) is 24.3 Å². The van der Waals surface area contributed by atoms with Gasteiger partial charge in [0.2, 0.25) is 5.91 Å². The molecule has 1 amide bonds. The van der Waals surface area contributed by atoms with E-state index in [-0.39, 0.29) is 18.2 Å². The molecule has 0 aliphatic heterocycles. The summed E-state index contributed by atoms with van der Waals surface area (Å²) in [6, 6.07) is 4.72. The molecule has 1 rings (SSSR count). The first-order valence-corrected chi connectivity index (χ1v) is 5.52. The maximum Gasteiger partial charge on any atom is 0.418 e. The Balaban J connectivity index is 2.76. The minimum Gasteiger partial charge on any atom is -0.328 e. The Morgan fingerprint density at radius 2 is 2.00 bits per heavy atom. The molecule has 3 nitrogen and oxygen atoms in total. The minimum absolute atomic E-state index is 0.101. The monoisotopic (exact) mass is 260 g/mol. The molecule has 0 saturated carbocycles. The van der Waals surface area contributed by atoms with Crippen LogP contribution in [0.1, 0.15) is 25.3 Å². The van der Waals surface area contributed by atoms with Gasteiger partial charge in [-0.25, -0.2) is 0 Å². The van der Waals surface area contributed by atoms with Crippen molar-refractivity contribution in [3.05, 3.63) is 29.8 Å².